The maximum atomic E-state index is 9.71. The molecule has 0 unspecified atom stereocenters. The Bertz CT molecular complexity index is 336. The Morgan fingerprint density at radius 2 is 1.81 bits per heavy atom. The van der Waals surface area contributed by atoms with Crippen LogP contribution in [0.5, 0.6) is 5.75 Å². The van der Waals surface area contributed by atoms with Crippen LogP contribution in [0.3, 0.4) is 0 Å². The Morgan fingerprint density at radius 1 is 1.19 bits per heavy atom. The van der Waals surface area contributed by atoms with Gasteiger partial charge in [-0.05, 0) is 49.9 Å². The first kappa shape index (κ1) is 13.3. The number of halogens is 1. The fourth-order valence-electron chi connectivity index (χ4n) is 2.33. The molecule has 1 fully saturated rings. The molecule has 0 aliphatic carbocycles. The van der Waals surface area contributed by atoms with Crippen molar-refractivity contribution < 1.29 is 5.11 Å². The third kappa shape index (κ3) is 2.69. The molecule has 0 amide bonds. The van der Waals surface area contributed by atoms with Gasteiger partial charge in [-0.15, -0.1) is 12.4 Å². The van der Waals surface area contributed by atoms with Gasteiger partial charge in [-0.3, -0.25) is 0 Å². The zero-order valence-electron chi connectivity index (χ0n) is 9.92. The Morgan fingerprint density at radius 3 is 2.31 bits per heavy atom. The molecule has 0 bridgehead atoms. The van der Waals surface area contributed by atoms with Crippen LogP contribution in [0.4, 0.5) is 0 Å². The van der Waals surface area contributed by atoms with Crippen LogP contribution in [-0.2, 0) is 0 Å². The van der Waals surface area contributed by atoms with Crippen LogP contribution in [0, 0.1) is 13.8 Å². The van der Waals surface area contributed by atoms with Gasteiger partial charge in [0.1, 0.15) is 5.75 Å². The van der Waals surface area contributed by atoms with Gasteiger partial charge in [-0.2, -0.15) is 0 Å². The van der Waals surface area contributed by atoms with E-state index in [4.69, 9.17) is 0 Å². The van der Waals surface area contributed by atoms with E-state index in [2.05, 4.69) is 17.4 Å². The molecule has 0 spiro atoms. The number of nitrogens with one attached hydrogen (secondary N) is 1. The fraction of sp³-hybridized carbons (Fsp3) is 0.538. The lowest BCUT2D eigenvalue weighted by molar-refractivity contribution is 0.410. The number of hydrogen-bond acceptors (Lipinski definition) is 2. The summed E-state index contributed by atoms with van der Waals surface area (Å²) in [5, 5.41) is 13.2. The second kappa shape index (κ2) is 5.55. The molecule has 0 aromatic heterocycles. The first-order chi connectivity index (χ1) is 7.18. The maximum absolute atomic E-state index is 9.71. The Kier molecular flexibility index (Phi) is 4.63. The van der Waals surface area contributed by atoms with Crippen LogP contribution in [0.2, 0.25) is 0 Å². The molecule has 1 saturated heterocycles. The van der Waals surface area contributed by atoms with Crippen molar-refractivity contribution >= 4 is 12.4 Å². The summed E-state index contributed by atoms with van der Waals surface area (Å²) in [6.45, 7) is 5.05. The number of piperidine rings is 1. The SMILES string of the molecule is Cc1cc([C@H]2CCCCN2)cc(C)c1O.Cl. The zero-order chi connectivity index (χ0) is 10.8. The molecule has 1 heterocycles. The summed E-state index contributed by atoms with van der Waals surface area (Å²) >= 11 is 0. The lowest BCUT2D eigenvalue weighted by Crippen LogP contribution is -2.26. The Labute approximate surface area is 103 Å². The minimum atomic E-state index is 0. The van der Waals surface area contributed by atoms with Crippen LogP contribution < -0.4 is 5.32 Å². The number of benzene rings is 1. The second-order valence-electron chi connectivity index (χ2n) is 4.51. The van der Waals surface area contributed by atoms with Gasteiger partial charge in [0, 0.05) is 6.04 Å². The van der Waals surface area contributed by atoms with E-state index in [1.165, 1.54) is 24.8 Å². The maximum Gasteiger partial charge on any atom is 0.121 e. The molecule has 0 radical (unpaired) electrons. The van der Waals surface area contributed by atoms with Gasteiger partial charge in [-0.25, -0.2) is 0 Å². The van der Waals surface area contributed by atoms with Gasteiger partial charge in [-0.1, -0.05) is 18.6 Å². The van der Waals surface area contributed by atoms with Gasteiger partial charge in [0.05, 0.1) is 0 Å². The Hall–Kier alpha value is -0.730. The summed E-state index contributed by atoms with van der Waals surface area (Å²) in [6.07, 6.45) is 3.80. The van der Waals surface area contributed by atoms with Crippen molar-refractivity contribution in [3.8, 4) is 5.75 Å². The summed E-state index contributed by atoms with van der Waals surface area (Å²) in [5.74, 6) is 0.439. The van der Waals surface area contributed by atoms with E-state index in [0.717, 1.165) is 17.7 Å². The molecule has 2 N–H and O–H groups in total. The predicted molar refractivity (Wildman–Crippen MR) is 69.4 cm³/mol. The molecule has 1 aliphatic heterocycles. The molecule has 1 atom stereocenters. The smallest absolute Gasteiger partial charge is 0.121 e. The first-order valence-corrected chi connectivity index (χ1v) is 5.72. The minimum Gasteiger partial charge on any atom is -0.507 e. The molecule has 16 heavy (non-hydrogen) atoms. The van der Waals surface area contributed by atoms with Gasteiger partial charge in [0.2, 0.25) is 0 Å². The van der Waals surface area contributed by atoms with Crippen molar-refractivity contribution in [1.82, 2.24) is 5.32 Å². The molecule has 90 valence electrons. The van der Waals surface area contributed by atoms with Crippen molar-refractivity contribution in [3.63, 3.8) is 0 Å². The zero-order valence-corrected chi connectivity index (χ0v) is 10.7. The summed E-state index contributed by atoms with van der Waals surface area (Å²) in [5.41, 5.74) is 3.29. The molecule has 1 aliphatic rings. The number of rotatable bonds is 1. The molecular weight excluding hydrogens is 222 g/mol. The lowest BCUT2D eigenvalue weighted by atomic mass is 9.94. The molecule has 2 nitrogen and oxygen atoms in total. The van der Waals surface area contributed by atoms with E-state index in [1.807, 2.05) is 13.8 Å². The standard InChI is InChI=1S/C13H19NO.ClH/c1-9-7-11(8-10(2)13(9)15)12-5-3-4-6-14-12;/h7-8,12,14-15H,3-6H2,1-2H3;1H/t12-;/m1./s1. The summed E-state index contributed by atoms with van der Waals surface area (Å²) < 4.78 is 0. The van der Waals surface area contributed by atoms with E-state index < -0.39 is 0 Å². The van der Waals surface area contributed by atoms with Gasteiger partial charge >= 0.3 is 0 Å². The first-order valence-electron chi connectivity index (χ1n) is 5.72. The highest BCUT2D eigenvalue weighted by Gasteiger charge is 2.16. The number of hydrogen-bond donors (Lipinski definition) is 2. The predicted octanol–water partition coefficient (Wildman–Crippen LogP) is 3.25. The second-order valence-corrected chi connectivity index (χ2v) is 4.51. The average Bonchev–Trinajstić information content (AvgIpc) is 2.26. The van der Waals surface area contributed by atoms with Crippen LogP contribution in [0.25, 0.3) is 0 Å². The normalized spacial score (nSPS) is 20.2. The van der Waals surface area contributed by atoms with Crippen molar-refractivity contribution in [2.45, 2.75) is 39.2 Å². The highest BCUT2D eigenvalue weighted by molar-refractivity contribution is 5.85. The van der Waals surface area contributed by atoms with Crippen LogP contribution in [0.15, 0.2) is 12.1 Å². The fourth-order valence-corrected chi connectivity index (χ4v) is 2.33. The largest absolute Gasteiger partial charge is 0.507 e. The average molecular weight is 242 g/mol. The molecule has 0 saturated carbocycles. The van der Waals surface area contributed by atoms with Crippen molar-refractivity contribution in [2.75, 3.05) is 6.54 Å². The number of phenols is 1. The Balaban J connectivity index is 0.00000128. The molecule has 2 rings (SSSR count). The van der Waals surface area contributed by atoms with Crippen LogP contribution >= 0.6 is 12.4 Å². The number of aromatic hydroxyl groups is 1. The minimum absolute atomic E-state index is 0. The van der Waals surface area contributed by atoms with Crippen LogP contribution in [0.1, 0.15) is 42.0 Å². The monoisotopic (exact) mass is 241 g/mol. The van der Waals surface area contributed by atoms with E-state index in [9.17, 15) is 5.11 Å². The molecule has 3 heteroatoms. The van der Waals surface area contributed by atoms with Gasteiger partial charge < -0.3 is 10.4 Å². The van der Waals surface area contributed by atoms with Crippen LogP contribution in [-0.4, -0.2) is 11.7 Å². The van der Waals surface area contributed by atoms with Crippen molar-refractivity contribution in [1.29, 1.82) is 0 Å². The van der Waals surface area contributed by atoms with Gasteiger partial charge in [0.25, 0.3) is 0 Å². The van der Waals surface area contributed by atoms with E-state index in [1.54, 1.807) is 0 Å². The lowest BCUT2D eigenvalue weighted by Gasteiger charge is -2.24. The molecule has 1 aromatic rings. The van der Waals surface area contributed by atoms with E-state index in [0.29, 0.717) is 11.8 Å². The quantitative estimate of drug-likeness (QED) is 0.791. The number of aryl methyl sites for hydroxylation is 2. The summed E-state index contributed by atoms with van der Waals surface area (Å²) in [4.78, 5) is 0. The summed E-state index contributed by atoms with van der Waals surface area (Å²) in [7, 11) is 0. The number of phenolic OH excluding ortho intramolecular Hbond substituents is 1. The third-order valence-corrected chi connectivity index (χ3v) is 3.23. The highest BCUT2D eigenvalue weighted by Crippen LogP contribution is 2.29. The molecule has 1 aromatic carbocycles. The summed E-state index contributed by atoms with van der Waals surface area (Å²) in [6, 6.07) is 4.69. The van der Waals surface area contributed by atoms with E-state index in [-0.39, 0.29) is 12.4 Å². The highest BCUT2D eigenvalue weighted by atomic mass is 35.5. The van der Waals surface area contributed by atoms with Crippen molar-refractivity contribution in [3.05, 3.63) is 28.8 Å². The third-order valence-electron chi connectivity index (χ3n) is 3.23. The topological polar surface area (TPSA) is 32.3 Å². The molecular formula is C13H20ClNO. The van der Waals surface area contributed by atoms with E-state index >= 15 is 0 Å². The van der Waals surface area contributed by atoms with Gasteiger partial charge in [0.15, 0.2) is 0 Å². The van der Waals surface area contributed by atoms with Crippen molar-refractivity contribution in [2.24, 2.45) is 0 Å².